The Hall–Kier alpha value is -0.630. The van der Waals surface area contributed by atoms with Crippen molar-refractivity contribution in [1.82, 2.24) is 4.31 Å². The lowest BCUT2D eigenvalue weighted by Crippen LogP contribution is -2.50. The number of halogens is 1. The third-order valence-electron chi connectivity index (χ3n) is 2.53. The summed E-state index contributed by atoms with van der Waals surface area (Å²) >= 11 is 6.69. The van der Waals surface area contributed by atoms with E-state index in [0.29, 0.717) is 4.34 Å². The molecule has 0 bridgehead atoms. The van der Waals surface area contributed by atoms with Crippen molar-refractivity contribution in [2.75, 3.05) is 13.1 Å². The second-order valence-corrected chi connectivity index (χ2v) is 7.72. The second-order valence-electron chi connectivity index (χ2n) is 3.84. The minimum atomic E-state index is -3.48. The lowest BCUT2D eigenvalue weighted by molar-refractivity contribution is -0.139. The number of hydrogen-bond donors (Lipinski definition) is 1. The number of nitrogens with zero attached hydrogens (tertiary/aromatic N) is 1. The molecule has 0 amide bonds. The molecule has 1 aromatic heterocycles. The molecule has 0 radical (unpaired) electrons. The average Bonchev–Trinajstić information content (AvgIpc) is 2.57. The van der Waals surface area contributed by atoms with E-state index in [1.165, 1.54) is 16.4 Å². The highest BCUT2D eigenvalue weighted by atomic mass is 35.5. The Bertz CT molecular complexity index is 533. The number of aliphatic carboxylic acids is 1. The minimum absolute atomic E-state index is 0.0111. The van der Waals surface area contributed by atoms with Crippen LogP contribution in [0.2, 0.25) is 4.34 Å². The number of rotatable bonds is 4. The molecule has 8 heteroatoms. The third-order valence-corrected chi connectivity index (χ3v) is 6.06. The number of carbonyl (C=O) groups is 1. The quantitative estimate of drug-likeness (QED) is 0.913. The Morgan fingerprint density at radius 3 is 2.65 bits per heavy atom. The van der Waals surface area contributed by atoms with Crippen LogP contribution in [0.25, 0.3) is 0 Å². The Balaban J connectivity index is 2.03. The Labute approximate surface area is 108 Å². The van der Waals surface area contributed by atoms with Crippen LogP contribution < -0.4 is 0 Å². The van der Waals surface area contributed by atoms with Crippen LogP contribution in [0, 0.1) is 5.92 Å². The van der Waals surface area contributed by atoms with Crippen LogP contribution in [0.5, 0.6) is 0 Å². The molecule has 17 heavy (non-hydrogen) atoms. The molecule has 5 nitrogen and oxygen atoms in total. The highest BCUT2D eigenvalue weighted by Gasteiger charge is 2.38. The maximum Gasteiger partial charge on any atom is 0.303 e. The van der Waals surface area contributed by atoms with Crippen LogP contribution in [-0.4, -0.2) is 36.9 Å². The van der Waals surface area contributed by atoms with Crippen LogP contribution >= 0.6 is 22.9 Å². The molecule has 1 aliphatic heterocycles. The van der Waals surface area contributed by atoms with Gasteiger partial charge >= 0.3 is 5.97 Å². The SMILES string of the molecule is O=C(O)CC1CN(S(=O)(=O)c2ccc(Cl)s2)C1. The molecular formula is C9H10ClNO4S2. The zero-order valence-corrected chi connectivity index (χ0v) is 11.1. The predicted octanol–water partition coefficient (Wildman–Crippen LogP) is 1.50. The van der Waals surface area contributed by atoms with Crippen LogP contribution in [0.4, 0.5) is 0 Å². The summed E-state index contributed by atoms with van der Waals surface area (Å²) in [6.45, 7) is 0.536. The second kappa shape index (κ2) is 4.56. The highest BCUT2D eigenvalue weighted by molar-refractivity contribution is 7.91. The van der Waals surface area contributed by atoms with Gasteiger partial charge in [-0.3, -0.25) is 4.79 Å². The summed E-state index contributed by atoms with van der Waals surface area (Å²) in [5, 5.41) is 8.57. The lowest BCUT2D eigenvalue weighted by Gasteiger charge is -2.36. The van der Waals surface area contributed by atoms with E-state index in [2.05, 4.69) is 0 Å². The van der Waals surface area contributed by atoms with E-state index in [9.17, 15) is 13.2 Å². The minimum Gasteiger partial charge on any atom is -0.481 e. The van der Waals surface area contributed by atoms with Crippen molar-refractivity contribution in [3.8, 4) is 0 Å². The third kappa shape index (κ3) is 2.62. The van der Waals surface area contributed by atoms with Crippen molar-refractivity contribution in [3.05, 3.63) is 16.5 Å². The summed E-state index contributed by atoms with van der Waals surface area (Å²) in [6, 6.07) is 3.00. The van der Waals surface area contributed by atoms with Gasteiger partial charge in [0.05, 0.1) is 10.8 Å². The van der Waals surface area contributed by atoms with Crippen LogP contribution in [0.1, 0.15) is 6.42 Å². The molecule has 0 saturated carbocycles. The fourth-order valence-corrected chi connectivity index (χ4v) is 4.89. The first-order valence-electron chi connectivity index (χ1n) is 4.87. The maximum absolute atomic E-state index is 12.0. The van der Waals surface area contributed by atoms with Gasteiger partial charge < -0.3 is 5.11 Å². The number of hydrogen-bond acceptors (Lipinski definition) is 4. The van der Waals surface area contributed by atoms with Gasteiger partial charge in [0.15, 0.2) is 0 Å². The number of carboxylic acid groups (broad SMARTS) is 1. The van der Waals surface area contributed by atoms with E-state index in [0.717, 1.165) is 11.3 Å². The highest BCUT2D eigenvalue weighted by Crippen LogP contribution is 2.32. The van der Waals surface area contributed by atoms with Gasteiger partial charge in [-0.25, -0.2) is 8.42 Å². The fraction of sp³-hybridized carbons (Fsp3) is 0.444. The molecule has 2 heterocycles. The molecule has 0 aliphatic carbocycles. The summed E-state index contributed by atoms with van der Waals surface area (Å²) in [4.78, 5) is 10.4. The zero-order valence-electron chi connectivity index (χ0n) is 8.67. The van der Waals surface area contributed by atoms with E-state index in [1.54, 1.807) is 0 Å². The summed E-state index contributed by atoms with van der Waals surface area (Å²) in [5.74, 6) is -0.982. The molecule has 1 aliphatic rings. The normalized spacial score (nSPS) is 17.9. The largest absolute Gasteiger partial charge is 0.481 e. The van der Waals surface area contributed by atoms with Crippen molar-refractivity contribution in [3.63, 3.8) is 0 Å². The van der Waals surface area contributed by atoms with Crippen LogP contribution in [-0.2, 0) is 14.8 Å². The van der Waals surface area contributed by atoms with E-state index >= 15 is 0 Å². The van der Waals surface area contributed by atoms with Crippen molar-refractivity contribution in [2.24, 2.45) is 5.92 Å². The van der Waals surface area contributed by atoms with E-state index in [-0.39, 0.29) is 29.6 Å². The molecule has 1 fully saturated rings. The average molecular weight is 296 g/mol. The molecule has 0 spiro atoms. The first kappa shape index (κ1) is 12.8. The molecule has 1 N–H and O–H groups in total. The number of sulfonamides is 1. The summed E-state index contributed by atoms with van der Waals surface area (Å²) in [7, 11) is -3.48. The monoisotopic (exact) mass is 295 g/mol. The summed E-state index contributed by atoms with van der Waals surface area (Å²) in [6.07, 6.45) is 0.0111. The maximum atomic E-state index is 12.0. The zero-order chi connectivity index (χ0) is 12.6. The van der Waals surface area contributed by atoms with Crippen molar-refractivity contribution < 1.29 is 18.3 Å². The van der Waals surface area contributed by atoms with Gasteiger partial charge in [-0.05, 0) is 18.1 Å². The van der Waals surface area contributed by atoms with Gasteiger partial charge in [0.1, 0.15) is 4.21 Å². The summed E-state index contributed by atoms with van der Waals surface area (Å²) < 4.78 is 25.9. The van der Waals surface area contributed by atoms with Crippen molar-refractivity contribution in [2.45, 2.75) is 10.6 Å². The van der Waals surface area contributed by atoms with E-state index < -0.39 is 16.0 Å². The lowest BCUT2D eigenvalue weighted by atomic mass is 10.00. The van der Waals surface area contributed by atoms with E-state index in [1.807, 2.05) is 0 Å². The standard InChI is InChI=1S/C9H10ClNO4S2/c10-7-1-2-9(16-7)17(14,15)11-4-6(5-11)3-8(12)13/h1-2,6H,3-5H2,(H,12,13). The molecule has 0 unspecified atom stereocenters. The Kier molecular flexibility index (Phi) is 3.44. The molecule has 1 aromatic rings. The van der Waals surface area contributed by atoms with Gasteiger partial charge in [-0.2, -0.15) is 4.31 Å². The smallest absolute Gasteiger partial charge is 0.303 e. The first-order chi connectivity index (χ1) is 7.89. The molecule has 0 aromatic carbocycles. The van der Waals surface area contributed by atoms with Crippen LogP contribution in [0.15, 0.2) is 16.3 Å². The van der Waals surface area contributed by atoms with Crippen molar-refractivity contribution >= 4 is 38.9 Å². The van der Waals surface area contributed by atoms with Gasteiger partial charge in [-0.15, -0.1) is 11.3 Å². The van der Waals surface area contributed by atoms with E-state index in [4.69, 9.17) is 16.7 Å². The predicted molar refractivity (Wildman–Crippen MR) is 63.8 cm³/mol. The molecule has 0 atom stereocenters. The first-order valence-corrected chi connectivity index (χ1v) is 7.50. The Morgan fingerprint density at radius 1 is 1.53 bits per heavy atom. The van der Waals surface area contributed by atoms with Crippen LogP contribution in [0.3, 0.4) is 0 Å². The van der Waals surface area contributed by atoms with Crippen molar-refractivity contribution in [1.29, 1.82) is 0 Å². The summed E-state index contributed by atoms with van der Waals surface area (Å²) in [5.41, 5.74) is 0. The van der Waals surface area contributed by atoms with Gasteiger partial charge in [0, 0.05) is 13.1 Å². The number of carboxylic acids is 1. The van der Waals surface area contributed by atoms with Gasteiger partial charge in [-0.1, -0.05) is 11.6 Å². The van der Waals surface area contributed by atoms with Gasteiger partial charge in [0.2, 0.25) is 0 Å². The van der Waals surface area contributed by atoms with Gasteiger partial charge in [0.25, 0.3) is 10.0 Å². The molecule has 2 rings (SSSR count). The molecule has 1 saturated heterocycles. The fourth-order valence-electron chi connectivity index (χ4n) is 1.66. The topological polar surface area (TPSA) is 74.7 Å². The molecular weight excluding hydrogens is 286 g/mol. The number of thiophene rings is 1. The molecule has 94 valence electrons. The Morgan fingerprint density at radius 2 is 2.18 bits per heavy atom.